The van der Waals surface area contributed by atoms with E-state index in [1.54, 1.807) is 18.3 Å². The van der Waals surface area contributed by atoms with Crippen molar-refractivity contribution in [2.45, 2.75) is 0 Å². The number of aryl methyl sites for hydroxylation is 1. The molecule has 0 fully saturated rings. The largest absolute Gasteiger partial charge is 0.327 e. The Morgan fingerprint density at radius 2 is 2.10 bits per heavy atom. The zero-order valence-electron chi connectivity index (χ0n) is 11.0. The minimum atomic E-state index is -0.408. The molecule has 1 aromatic carbocycles. The van der Waals surface area contributed by atoms with Crippen molar-refractivity contribution in [3.8, 4) is 0 Å². The van der Waals surface area contributed by atoms with Crippen LogP contribution in [-0.4, -0.2) is 24.4 Å². The first-order valence-corrected chi connectivity index (χ1v) is 6.30. The number of nitrogens with zero attached hydrogens (tertiary/aromatic N) is 5. The van der Waals surface area contributed by atoms with Gasteiger partial charge in [0.25, 0.3) is 5.69 Å². The van der Waals surface area contributed by atoms with Gasteiger partial charge in [-0.1, -0.05) is 0 Å². The second-order valence-electron chi connectivity index (χ2n) is 4.76. The first kappa shape index (κ1) is 11.7. The van der Waals surface area contributed by atoms with Crippen LogP contribution >= 0.6 is 0 Å². The highest BCUT2D eigenvalue weighted by Gasteiger charge is 2.15. The average molecular weight is 279 g/mol. The molecule has 21 heavy (non-hydrogen) atoms. The predicted molar refractivity (Wildman–Crippen MR) is 78.0 cm³/mol. The van der Waals surface area contributed by atoms with E-state index in [-0.39, 0.29) is 5.69 Å². The summed E-state index contributed by atoms with van der Waals surface area (Å²) in [6, 6.07) is 8.35. The Kier molecular flexibility index (Phi) is 2.20. The molecule has 0 N–H and O–H groups in total. The molecule has 0 saturated heterocycles. The van der Waals surface area contributed by atoms with Gasteiger partial charge in [0.15, 0.2) is 11.3 Å². The fraction of sp³-hybridized carbons (Fsp3) is 0.0714. The van der Waals surface area contributed by atoms with Crippen molar-refractivity contribution in [1.82, 2.24) is 19.5 Å². The normalized spacial score (nSPS) is 11.5. The lowest BCUT2D eigenvalue weighted by molar-refractivity contribution is -0.384. The van der Waals surface area contributed by atoms with E-state index in [0.717, 1.165) is 10.9 Å². The molecule has 0 saturated carbocycles. The number of rotatable bonds is 1. The highest BCUT2D eigenvalue weighted by Crippen LogP contribution is 2.29. The monoisotopic (exact) mass is 279 g/mol. The minimum Gasteiger partial charge on any atom is -0.327 e. The molecule has 3 heterocycles. The fourth-order valence-corrected chi connectivity index (χ4v) is 2.53. The number of hydrogen-bond acceptors (Lipinski definition) is 5. The van der Waals surface area contributed by atoms with Crippen molar-refractivity contribution in [3.05, 3.63) is 46.6 Å². The summed E-state index contributed by atoms with van der Waals surface area (Å²) in [7, 11) is 1.86. The van der Waals surface area contributed by atoms with Crippen molar-refractivity contribution in [3.63, 3.8) is 0 Å². The van der Waals surface area contributed by atoms with Crippen LogP contribution in [0.2, 0.25) is 0 Å². The lowest BCUT2D eigenvalue weighted by atomic mass is 10.2. The maximum absolute atomic E-state index is 11.0. The topological polar surface area (TPSA) is 86.7 Å². The molecule has 0 aliphatic heterocycles. The molecule has 4 aromatic rings. The summed E-state index contributed by atoms with van der Waals surface area (Å²) in [6.45, 7) is 0. The number of benzene rings is 1. The number of nitro benzene ring substituents is 1. The summed E-state index contributed by atoms with van der Waals surface area (Å²) < 4.78 is 1.87. The van der Waals surface area contributed by atoms with Crippen LogP contribution in [0.4, 0.5) is 5.69 Å². The van der Waals surface area contributed by atoms with Crippen LogP contribution in [0.25, 0.3) is 33.2 Å². The Morgan fingerprint density at radius 1 is 1.24 bits per heavy atom. The zero-order valence-corrected chi connectivity index (χ0v) is 11.0. The number of non-ortho nitro benzene ring substituents is 1. The van der Waals surface area contributed by atoms with Crippen LogP contribution < -0.4 is 0 Å². The summed E-state index contributed by atoms with van der Waals surface area (Å²) in [5.74, 6) is 0. The van der Waals surface area contributed by atoms with Crippen LogP contribution in [0, 0.1) is 10.1 Å². The summed E-state index contributed by atoms with van der Waals surface area (Å²) in [5.41, 5.74) is 3.44. The van der Waals surface area contributed by atoms with Gasteiger partial charge in [-0.3, -0.25) is 10.1 Å². The summed E-state index contributed by atoms with van der Waals surface area (Å²) in [6.07, 6.45) is 1.66. The van der Waals surface area contributed by atoms with Gasteiger partial charge in [-0.25, -0.2) is 15.0 Å². The van der Waals surface area contributed by atoms with Gasteiger partial charge in [0.05, 0.1) is 10.4 Å². The third-order valence-electron chi connectivity index (χ3n) is 3.55. The van der Waals surface area contributed by atoms with Crippen molar-refractivity contribution in [2.75, 3.05) is 0 Å². The van der Waals surface area contributed by atoms with E-state index in [1.807, 2.05) is 17.7 Å². The van der Waals surface area contributed by atoms with Crippen molar-refractivity contribution < 1.29 is 4.92 Å². The molecule has 0 spiro atoms. The Bertz CT molecular complexity index is 1040. The first-order chi connectivity index (χ1) is 10.1. The summed E-state index contributed by atoms with van der Waals surface area (Å²) >= 11 is 0. The Balaban J connectivity index is 2.21. The van der Waals surface area contributed by atoms with E-state index in [2.05, 4.69) is 15.0 Å². The van der Waals surface area contributed by atoms with Gasteiger partial charge in [-0.05, 0) is 18.2 Å². The lowest BCUT2D eigenvalue weighted by Crippen LogP contribution is -1.93. The molecule has 0 aliphatic carbocycles. The summed E-state index contributed by atoms with van der Waals surface area (Å²) in [4.78, 5) is 23.8. The Morgan fingerprint density at radius 3 is 2.90 bits per heavy atom. The molecular formula is C14H9N5O2. The highest BCUT2D eigenvalue weighted by molar-refractivity contribution is 6.06. The average Bonchev–Trinajstić information content (AvgIpc) is 2.77. The second-order valence-corrected chi connectivity index (χ2v) is 4.76. The molecule has 3 aromatic heterocycles. The predicted octanol–water partition coefficient (Wildman–Crippen LogP) is 2.58. The van der Waals surface area contributed by atoms with Gasteiger partial charge < -0.3 is 4.57 Å². The Labute approximate surface area is 118 Å². The van der Waals surface area contributed by atoms with Crippen LogP contribution in [0.1, 0.15) is 0 Å². The van der Waals surface area contributed by atoms with Crippen LogP contribution in [-0.2, 0) is 7.05 Å². The van der Waals surface area contributed by atoms with Gasteiger partial charge in [0.1, 0.15) is 11.0 Å². The van der Waals surface area contributed by atoms with Crippen molar-refractivity contribution in [2.24, 2.45) is 7.05 Å². The van der Waals surface area contributed by atoms with E-state index >= 15 is 0 Å². The minimum absolute atomic E-state index is 0.0445. The molecule has 7 heteroatoms. The maximum Gasteiger partial charge on any atom is 0.270 e. The van der Waals surface area contributed by atoms with E-state index < -0.39 is 4.92 Å². The zero-order chi connectivity index (χ0) is 14.6. The molecule has 0 radical (unpaired) electrons. The maximum atomic E-state index is 11.0. The quantitative estimate of drug-likeness (QED) is 0.395. The fourth-order valence-electron chi connectivity index (χ4n) is 2.53. The molecule has 0 amide bonds. The van der Waals surface area contributed by atoms with Crippen molar-refractivity contribution >= 4 is 38.9 Å². The standard InChI is InChI=1S/C14H9N5O2/c1-18-11-5-4-8(19(20)21)7-9(11)12-14(18)17-13-10(16-12)3-2-6-15-13/h2-7H,1H3. The Hall–Kier alpha value is -3.09. The smallest absolute Gasteiger partial charge is 0.270 e. The molecule has 102 valence electrons. The van der Waals surface area contributed by atoms with Gasteiger partial charge >= 0.3 is 0 Å². The third-order valence-corrected chi connectivity index (χ3v) is 3.55. The molecule has 0 bridgehead atoms. The molecule has 0 aliphatic rings. The van der Waals surface area contributed by atoms with Crippen LogP contribution in [0.15, 0.2) is 36.5 Å². The number of nitro groups is 1. The molecule has 0 atom stereocenters. The first-order valence-electron chi connectivity index (χ1n) is 6.30. The van der Waals surface area contributed by atoms with E-state index in [1.165, 1.54) is 12.1 Å². The van der Waals surface area contributed by atoms with E-state index in [4.69, 9.17) is 0 Å². The molecular weight excluding hydrogens is 270 g/mol. The van der Waals surface area contributed by atoms with Crippen LogP contribution in [0.3, 0.4) is 0 Å². The van der Waals surface area contributed by atoms with Gasteiger partial charge in [-0.2, -0.15) is 0 Å². The van der Waals surface area contributed by atoms with Gasteiger partial charge in [0, 0.05) is 30.8 Å². The van der Waals surface area contributed by atoms with Gasteiger partial charge in [-0.15, -0.1) is 0 Å². The third kappa shape index (κ3) is 1.57. The number of hydrogen-bond donors (Lipinski definition) is 0. The van der Waals surface area contributed by atoms with E-state index in [0.29, 0.717) is 22.3 Å². The van der Waals surface area contributed by atoms with E-state index in [9.17, 15) is 10.1 Å². The second kappa shape index (κ2) is 3.95. The summed E-state index contributed by atoms with van der Waals surface area (Å²) in [5, 5.41) is 11.7. The number of pyridine rings is 1. The number of fused-ring (bicyclic) bond motifs is 4. The van der Waals surface area contributed by atoms with Crippen LogP contribution in [0.5, 0.6) is 0 Å². The molecule has 0 unspecified atom stereocenters. The number of aromatic nitrogens is 4. The highest BCUT2D eigenvalue weighted by atomic mass is 16.6. The SMILES string of the molecule is Cn1c2ccc([N+](=O)[O-])cc2c2nc3cccnc3nc21. The van der Waals surface area contributed by atoms with Crippen molar-refractivity contribution in [1.29, 1.82) is 0 Å². The lowest BCUT2D eigenvalue weighted by Gasteiger charge is -1.98. The molecule has 4 rings (SSSR count). The van der Waals surface area contributed by atoms with Gasteiger partial charge in [0.2, 0.25) is 0 Å². The molecule has 7 nitrogen and oxygen atoms in total.